The molecule has 0 saturated heterocycles. The number of aromatic nitrogens is 16. The minimum absolute atomic E-state index is 0.0112. The van der Waals surface area contributed by atoms with Crippen LogP contribution in [0.1, 0.15) is 39.0 Å². The summed E-state index contributed by atoms with van der Waals surface area (Å²) in [6.07, 6.45) is 10.2. The summed E-state index contributed by atoms with van der Waals surface area (Å²) in [4.78, 5) is 110. The number of aromatic amines is 7. The predicted molar refractivity (Wildman–Crippen MR) is 481 cm³/mol. The summed E-state index contributed by atoms with van der Waals surface area (Å²) < 4.78 is 12.9. The molecule has 8 aromatic carbocycles. The van der Waals surface area contributed by atoms with E-state index in [1.807, 2.05) is 233 Å². The number of nitrogens with two attached hydrogens (primary N) is 1. The second kappa shape index (κ2) is 37.7. The molecule has 23 nitrogen and oxygen atoms in total. The van der Waals surface area contributed by atoms with Gasteiger partial charge in [-0.05, 0) is 172 Å². The van der Waals surface area contributed by atoms with E-state index in [4.69, 9.17) is 52.1 Å². The molecule has 19 aromatic rings. The maximum atomic E-state index is 12.6. The number of benzene rings is 8. The molecule has 31 heteroatoms. The maximum absolute atomic E-state index is 12.6. The van der Waals surface area contributed by atoms with E-state index in [0.29, 0.717) is 43.2 Å². The zero-order valence-corrected chi connectivity index (χ0v) is 69.8. The molecule has 19 rings (SSSR count). The molecule has 0 radical (unpaired) electrons. The van der Waals surface area contributed by atoms with Crippen molar-refractivity contribution in [1.29, 1.82) is 0 Å². The Morgan fingerprint density at radius 1 is 0.437 bits per heavy atom. The van der Waals surface area contributed by atoms with Crippen molar-refractivity contribution >= 4 is 156 Å². The van der Waals surface area contributed by atoms with Gasteiger partial charge in [0.05, 0.1) is 73.0 Å². The van der Waals surface area contributed by atoms with Crippen molar-refractivity contribution < 1.29 is 9.36 Å². The molecule has 119 heavy (non-hydrogen) atoms. The number of carbonyl (C=O) groups excluding carboxylic acids is 1. The minimum atomic E-state index is -3.22. The second-order valence-corrected chi connectivity index (χ2v) is 34.7. The third kappa shape index (κ3) is 20.1. The highest BCUT2D eigenvalue weighted by atomic mass is 36.0. The van der Waals surface area contributed by atoms with Gasteiger partial charge in [-0.1, -0.05) is 170 Å². The van der Waals surface area contributed by atoms with E-state index in [2.05, 4.69) is 103 Å². The summed E-state index contributed by atoms with van der Waals surface area (Å²) in [5.41, 5.74) is 23.5. The van der Waals surface area contributed by atoms with Crippen LogP contribution in [0.3, 0.4) is 0 Å². The van der Waals surface area contributed by atoms with Crippen molar-refractivity contribution in [2.45, 2.75) is 26.8 Å². The maximum Gasteiger partial charge on any atom is 0.339 e. The lowest BCUT2D eigenvalue weighted by molar-refractivity contribution is 0.0961. The number of rotatable bonds is 9. The van der Waals surface area contributed by atoms with Crippen molar-refractivity contribution in [3.8, 4) is 67.5 Å². The van der Waals surface area contributed by atoms with Gasteiger partial charge >= 0.3 is 10.9 Å². The highest BCUT2D eigenvalue weighted by molar-refractivity contribution is 8.24. The van der Waals surface area contributed by atoms with Gasteiger partial charge in [0, 0.05) is 135 Å². The van der Waals surface area contributed by atoms with Gasteiger partial charge in [0.15, 0.2) is 5.78 Å². The Morgan fingerprint density at radius 3 is 1.45 bits per heavy atom. The van der Waals surface area contributed by atoms with Crippen LogP contribution in [0.25, 0.3) is 133 Å². The van der Waals surface area contributed by atoms with Crippen molar-refractivity contribution in [3.05, 3.63) is 359 Å². The lowest BCUT2D eigenvalue weighted by atomic mass is 9.99. The Kier molecular flexibility index (Phi) is 26.7. The molecule has 0 aliphatic rings. The van der Waals surface area contributed by atoms with E-state index < -0.39 is 11.2 Å². The van der Waals surface area contributed by atoms with Gasteiger partial charge in [-0.15, -0.1) is 0 Å². The van der Waals surface area contributed by atoms with Crippen LogP contribution >= 0.6 is 85.3 Å². The molecule has 0 aliphatic carbocycles. The fourth-order valence-corrected chi connectivity index (χ4v) is 14.1. The number of hydrogen-bond donors (Lipinski definition) is 8. The molecule has 0 bridgehead atoms. The topological polar surface area (TPSA) is 339 Å². The van der Waals surface area contributed by atoms with Crippen LogP contribution in [-0.2, 0) is 18.7 Å². The van der Waals surface area contributed by atoms with E-state index >= 15 is 0 Å². The number of fused-ring (bicyclic) bond motifs is 12. The largest absolute Gasteiger partial charge is 0.339 e. The minimum Gasteiger partial charge on any atom is -0.329 e. The highest BCUT2D eigenvalue weighted by Gasteiger charge is 2.22. The van der Waals surface area contributed by atoms with Crippen LogP contribution in [0, 0.1) is 20.8 Å². The van der Waals surface area contributed by atoms with E-state index in [1.165, 1.54) is 6.07 Å². The number of nitrogens with one attached hydrogen (secondary N) is 7. The molecule has 0 saturated carbocycles. The lowest BCUT2D eigenvalue weighted by Gasteiger charge is -2.11. The normalized spacial score (nSPS) is 11.2. The van der Waals surface area contributed by atoms with Gasteiger partial charge in [0.2, 0.25) is 26.7 Å². The van der Waals surface area contributed by atoms with Crippen molar-refractivity contribution in [1.82, 2.24) is 78.9 Å². The lowest BCUT2D eigenvalue weighted by Crippen LogP contribution is -2.21. The van der Waals surface area contributed by atoms with Crippen LogP contribution in [0.4, 0.5) is 0 Å². The Labute approximate surface area is 712 Å². The summed E-state index contributed by atoms with van der Waals surface area (Å²) in [6.45, 7) is 5.76. The number of aryl methyl sites for hydroxylation is 5. The van der Waals surface area contributed by atoms with Gasteiger partial charge in [-0.25, -0.2) is 24.7 Å². The van der Waals surface area contributed by atoms with Gasteiger partial charge in [0.25, 0.3) is 11.1 Å². The van der Waals surface area contributed by atoms with Gasteiger partial charge in [-0.2, -0.15) is 0 Å². The van der Waals surface area contributed by atoms with Gasteiger partial charge in [0.1, 0.15) is 0 Å². The summed E-state index contributed by atoms with van der Waals surface area (Å²) in [5, 5.41) is 4.97. The van der Waals surface area contributed by atoms with E-state index in [-0.39, 0.29) is 28.2 Å². The van der Waals surface area contributed by atoms with Gasteiger partial charge in [-0.3, -0.25) is 38.7 Å². The van der Waals surface area contributed by atoms with Crippen LogP contribution < -0.4 is 28.1 Å². The first-order chi connectivity index (χ1) is 57.2. The third-order valence-corrected chi connectivity index (χ3v) is 19.5. The monoisotopic (exact) mass is 1740 g/mol. The Morgan fingerprint density at radius 2 is 0.899 bits per heavy atom. The fraction of sp³-hybridized carbons (Fsp3) is 0.0682. The summed E-state index contributed by atoms with van der Waals surface area (Å²) in [7, 11) is 3.63. The molecule has 596 valence electrons. The molecule has 0 spiro atoms. The smallest absolute Gasteiger partial charge is 0.329 e. The van der Waals surface area contributed by atoms with E-state index in [9.17, 15) is 28.5 Å². The molecule has 0 fully saturated rings. The first-order valence-electron chi connectivity index (χ1n) is 36.4. The van der Waals surface area contributed by atoms with E-state index in [0.717, 1.165) is 139 Å². The molecule has 1 atom stereocenters. The molecule has 9 N–H and O–H groups in total. The SMILES string of the molecule is Cc1cc(-c2[nH]c(=O)[nH]c2-c2ccccc2)ccn1.Cc1cc(-c2nc(Cl)[nH]c2-c2ccccc2)ccn1.Cc1cc(C(N)C(=O)c2ccccc2)ccn1.Cn1ccc2c(c1=O)c1ccccc1c1nc(Cl)n(C)c21.O=P(Cl)(Cl)Cl.O=c1[nH]ccc2c3nc(Cl)[nH]c3c3ccccc3c12.O=c1cc(-c2nc(Cl)[nH]c2-c2ccccc2)cc[nH]1. The highest BCUT2D eigenvalue weighted by Crippen LogP contribution is 2.61. The standard InChI is InChI=1S/C16H12ClN3O.C15H12ClN3.C15H13N3O.C14H8ClN3O.C14H10ClN3O.C14H14N2O.Cl3OP/c1-19-8-7-11-12(15(19)21)9-5-3-4-6-10(9)13-14(11)20(2)16(17)18-13;1-10-9-12(7-8-17-10)14-13(18-15(16)19-14)11-5-3-2-4-6-11;1-10-9-12(7-8-16-10)14-13(17-15(19)18-14)11-5-3-2-4-6-11;15-14-17-11-8-4-2-1-3-7(8)10-9(12(11)18-14)5-6-16-13(10)19;15-14-17-12(9-4-2-1-3-5-9)13(18-14)10-6-7-16-11(19)8-10;1-10-9-12(7-8-16-10)13(15)14(17)11-5-3-2-4-6-11;1-5(2,3)4/h3-8H,1-2H3;2-9H,1H3,(H,18,19);2-9H,1H3,(H2,17,18,19);1-6H,(H,16,19)(H,17,18);1-8H,(H,16,19)(H,17,18);2-9,13H,15H2,1H3;. The molecule has 1 unspecified atom stereocenters. The van der Waals surface area contributed by atoms with Crippen molar-refractivity contribution in [2.24, 2.45) is 19.8 Å². The Balaban J connectivity index is 0.000000122. The molecule has 11 heterocycles. The first-order valence-corrected chi connectivity index (χ1v) is 42.3. The average molecular weight is 1740 g/mol. The number of H-pyrrole nitrogens is 7. The molecule has 0 amide bonds. The van der Waals surface area contributed by atoms with Crippen molar-refractivity contribution in [3.63, 3.8) is 0 Å². The number of halogens is 7. The summed E-state index contributed by atoms with van der Waals surface area (Å²) >= 11 is 38.0. The van der Waals surface area contributed by atoms with Crippen LogP contribution in [-0.4, -0.2) is 84.7 Å². The predicted octanol–water partition coefficient (Wildman–Crippen LogP) is 21.5. The fourth-order valence-electron chi connectivity index (χ4n) is 13.4. The number of imidazole rings is 5. The number of carbonyl (C=O) groups is 1. The Bertz CT molecular complexity index is 7180. The third-order valence-electron chi connectivity index (χ3n) is 18.7. The van der Waals surface area contributed by atoms with Crippen LogP contribution in [0.15, 0.2) is 287 Å². The van der Waals surface area contributed by atoms with Crippen LogP contribution in [0.2, 0.25) is 21.1 Å². The second-order valence-electron chi connectivity index (χ2n) is 26.7. The quantitative estimate of drug-likeness (QED) is 0.0378. The number of Topliss-reactive ketones (excluding diaryl/α,β-unsaturated/α-hetero) is 1. The average Bonchev–Trinajstić information content (AvgIpc) is 1.67. The molecular formula is C88H69Cl7N17O6P. The zero-order chi connectivity index (χ0) is 84.2. The molecular weight excluding hydrogens is 1670 g/mol. The first kappa shape index (κ1) is 84.3. The van der Waals surface area contributed by atoms with Gasteiger partial charge < -0.3 is 49.8 Å². The molecule has 0 aliphatic heterocycles. The number of hydrogen-bond acceptors (Lipinski definition) is 14. The Hall–Kier alpha value is -12.6. The summed E-state index contributed by atoms with van der Waals surface area (Å²) in [5.74, 6) is -0.0730. The van der Waals surface area contributed by atoms with E-state index in [1.54, 1.807) is 73.1 Å². The van der Waals surface area contributed by atoms with Crippen molar-refractivity contribution in [2.75, 3.05) is 0 Å². The number of nitrogens with zero attached hydrogens (tertiary/aromatic N) is 9. The number of ketones is 1. The number of pyridine rings is 6. The van der Waals surface area contributed by atoms with Crippen LogP contribution in [0.5, 0.6) is 0 Å². The zero-order valence-electron chi connectivity index (χ0n) is 63.6. The summed E-state index contributed by atoms with van der Waals surface area (Å²) in [6, 6.07) is 72.0. The molecule has 11 aromatic heterocycles.